The third-order valence-corrected chi connectivity index (χ3v) is 3.80. The number of aryl methyl sites for hydroxylation is 1. The summed E-state index contributed by atoms with van der Waals surface area (Å²) in [7, 11) is 0. The lowest BCUT2D eigenvalue weighted by atomic mass is 10.2. The monoisotopic (exact) mass is 353 g/mol. The zero-order valence-electron chi connectivity index (χ0n) is 14.0. The normalized spacial score (nSPS) is 15.3. The van der Waals surface area contributed by atoms with Crippen molar-refractivity contribution < 1.29 is 18.8 Å². The van der Waals surface area contributed by atoms with E-state index in [0.29, 0.717) is 5.69 Å². The van der Waals surface area contributed by atoms with Crippen molar-refractivity contribution in [3.05, 3.63) is 71.2 Å². The number of carbonyl (C=O) groups is 3. The Hall–Kier alpha value is -3.48. The molecule has 0 saturated carbocycles. The van der Waals surface area contributed by atoms with Crippen LogP contribution < -0.4 is 10.6 Å². The molecular formula is C19H16FN3O3. The minimum Gasteiger partial charge on any atom is -0.325 e. The molecule has 2 aromatic carbocycles. The number of rotatable bonds is 4. The van der Waals surface area contributed by atoms with Crippen LogP contribution in [0, 0.1) is 12.7 Å². The van der Waals surface area contributed by atoms with Gasteiger partial charge in [0.25, 0.3) is 5.91 Å². The summed E-state index contributed by atoms with van der Waals surface area (Å²) >= 11 is 0. The molecule has 6 nitrogen and oxygen atoms in total. The highest BCUT2D eigenvalue weighted by Gasteiger charge is 2.35. The van der Waals surface area contributed by atoms with Gasteiger partial charge in [-0.3, -0.25) is 9.59 Å². The largest absolute Gasteiger partial charge is 0.329 e. The van der Waals surface area contributed by atoms with E-state index in [1.807, 2.05) is 19.1 Å². The van der Waals surface area contributed by atoms with Crippen molar-refractivity contribution >= 4 is 29.6 Å². The van der Waals surface area contributed by atoms with Crippen molar-refractivity contribution in [2.75, 3.05) is 11.9 Å². The SMILES string of the molecule is Cc1ccc(NC(=O)CN2C(=O)N/C(=C/c3ccccc3F)C2=O)cc1. The number of hydrogen-bond donors (Lipinski definition) is 2. The second-order valence-electron chi connectivity index (χ2n) is 5.82. The van der Waals surface area contributed by atoms with Crippen LogP contribution in [0.1, 0.15) is 11.1 Å². The first kappa shape index (κ1) is 17.3. The zero-order chi connectivity index (χ0) is 18.7. The average molecular weight is 353 g/mol. The van der Waals surface area contributed by atoms with Gasteiger partial charge in [0.2, 0.25) is 5.91 Å². The van der Waals surface area contributed by atoms with Crippen molar-refractivity contribution in [1.29, 1.82) is 0 Å². The lowest BCUT2D eigenvalue weighted by molar-refractivity contribution is -0.127. The van der Waals surface area contributed by atoms with Gasteiger partial charge in [-0.25, -0.2) is 14.1 Å². The molecule has 0 radical (unpaired) electrons. The zero-order valence-corrected chi connectivity index (χ0v) is 14.0. The van der Waals surface area contributed by atoms with E-state index >= 15 is 0 Å². The number of halogens is 1. The second-order valence-corrected chi connectivity index (χ2v) is 5.82. The van der Waals surface area contributed by atoms with Gasteiger partial charge in [-0.05, 0) is 31.2 Å². The van der Waals surface area contributed by atoms with Crippen LogP contribution in [0.3, 0.4) is 0 Å². The molecule has 2 N–H and O–H groups in total. The second kappa shape index (κ2) is 7.18. The molecule has 0 aliphatic carbocycles. The summed E-state index contributed by atoms with van der Waals surface area (Å²) in [6.45, 7) is 1.48. The van der Waals surface area contributed by atoms with E-state index in [2.05, 4.69) is 10.6 Å². The molecule has 0 bridgehead atoms. The van der Waals surface area contributed by atoms with E-state index < -0.39 is 30.2 Å². The van der Waals surface area contributed by atoms with Gasteiger partial charge in [0.05, 0.1) is 0 Å². The number of hydrogen-bond acceptors (Lipinski definition) is 3. The first-order valence-electron chi connectivity index (χ1n) is 7.89. The summed E-state index contributed by atoms with van der Waals surface area (Å²) in [5.41, 5.74) is 1.69. The van der Waals surface area contributed by atoms with Crippen LogP contribution in [0.5, 0.6) is 0 Å². The molecule has 7 heteroatoms. The van der Waals surface area contributed by atoms with Gasteiger partial charge < -0.3 is 10.6 Å². The first-order valence-corrected chi connectivity index (χ1v) is 7.89. The van der Waals surface area contributed by atoms with Gasteiger partial charge in [-0.2, -0.15) is 0 Å². The molecule has 1 aliphatic rings. The Balaban J connectivity index is 1.70. The topological polar surface area (TPSA) is 78.5 Å². The van der Waals surface area contributed by atoms with Gasteiger partial charge in [-0.15, -0.1) is 0 Å². The Morgan fingerprint density at radius 3 is 2.54 bits per heavy atom. The minimum absolute atomic E-state index is 0.0803. The predicted molar refractivity (Wildman–Crippen MR) is 94.4 cm³/mol. The first-order chi connectivity index (χ1) is 12.4. The number of imide groups is 1. The Bertz CT molecular complexity index is 907. The molecule has 3 rings (SSSR count). The molecular weight excluding hydrogens is 337 g/mol. The van der Waals surface area contributed by atoms with Crippen LogP contribution in [-0.4, -0.2) is 29.3 Å². The number of urea groups is 1. The summed E-state index contributed by atoms with van der Waals surface area (Å²) in [5.74, 6) is -1.71. The van der Waals surface area contributed by atoms with Crippen LogP contribution in [0.4, 0.5) is 14.9 Å². The van der Waals surface area contributed by atoms with E-state index in [-0.39, 0.29) is 11.3 Å². The molecule has 0 atom stereocenters. The van der Waals surface area contributed by atoms with E-state index in [4.69, 9.17) is 0 Å². The molecule has 26 heavy (non-hydrogen) atoms. The lowest BCUT2D eigenvalue weighted by Gasteiger charge is -2.12. The molecule has 1 saturated heterocycles. The summed E-state index contributed by atoms with van der Waals surface area (Å²) in [6.07, 6.45) is 1.24. The summed E-state index contributed by atoms with van der Waals surface area (Å²) in [4.78, 5) is 37.2. The van der Waals surface area contributed by atoms with Crippen LogP contribution >= 0.6 is 0 Å². The van der Waals surface area contributed by atoms with E-state index in [9.17, 15) is 18.8 Å². The van der Waals surface area contributed by atoms with Gasteiger partial charge >= 0.3 is 6.03 Å². The highest BCUT2D eigenvalue weighted by atomic mass is 19.1. The highest BCUT2D eigenvalue weighted by Crippen LogP contribution is 2.16. The molecule has 1 fully saturated rings. The Morgan fingerprint density at radius 2 is 1.85 bits per heavy atom. The Morgan fingerprint density at radius 1 is 1.15 bits per heavy atom. The van der Waals surface area contributed by atoms with Gasteiger partial charge in [0.15, 0.2) is 0 Å². The Kier molecular flexibility index (Phi) is 4.79. The maximum atomic E-state index is 13.7. The molecule has 1 heterocycles. The third kappa shape index (κ3) is 3.77. The Labute approximate surface area is 149 Å². The third-order valence-electron chi connectivity index (χ3n) is 3.80. The van der Waals surface area contributed by atoms with Gasteiger partial charge in [0.1, 0.15) is 18.1 Å². The fourth-order valence-electron chi connectivity index (χ4n) is 2.44. The number of amides is 4. The number of anilines is 1. The summed E-state index contributed by atoms with van der Waals surface area (Å²) in [6, 6.07) is 12.3. The van der Waals surface area contributed by atoms with Crippen molar-refractivity contribution in [2.45, 2.75) is 6.92 Å². The van der Waals surface area contributed by atoms with Crippen LogP contribution in [0.15, 0.2) is 54.2 Å². The molecule has 0 aromatic heterocycles. The smallest absolute Gasteiger partial charge is 0.325 e. The fraction of sp³-hybridized carbons (Fsp3) is 0.105. The fourth-order valence-corrected chi connectivity index (χ4v) is 2.44. The summed E-state index contributed by atoms with van der Waals surface area (Å²) < 4.78 is 13.7. The maximum absolute atomic E-state index is 13.7. The number of nitrogens with zero attached hydrogens (tertiary/aromatic N) is 1. The van der Waals surface area contributed by atoms with Crippen molar-refractivity contribution in [3.8, 4) is 0 Å². The summed E-state index contributed by atoms with van der Waals surface area (Å²) in [5, 5.41) is 4.98. The van der Waals surface area contributed by atoms with E-state index in [0.717, 1.165) is 10.5 Å². The van der Waals surface area contributed by atoms with Crippen LogP contribution in [0.25, 0.3) is 6.08 Å². The molecule has 1 aliphatic heterocycles. The van der Waals surface area contributed by atoms with Crippen molar-refractivity contribution in [2.24, 2.45) is 0 Å². The maximum Gasteiger partial charge on any atom is 0.329 e. The minimum atomic E-state index is -0.725. The number of nitrogens with one attached hydrogen (secondary N) is 2. The molecule has 132 valence electrons. The highest BCUT2D eigenvalue weighted by molar-refractivity contribution is 6.15. The van der Waals surface area contributed by atoms with Crippen LogP contribution in [0.2, 0.25) is 0 Å². The van der Waals surface area contributed by atoms with Crippen molar-refractivity contribution in [1.82, 2.24) is 10.2 Å². The quantitative estimate of drug-likeness (QED) is 0.655. The van der Waals surface area contributed by atoms with Crippen molar-refractivity contribution in [3.63, 3.8) is 0 Å². The lowest BCUT2D eigenvalue weighted by Crippen LogP contribution is -2.38. The number of benzene rings is 2. The van der Waals surface area contributed by atoms with Gasteiger partial charge in [0, 0.05) is 11.3 Å². The molecule has 2 aromatic rings. The van der Waals surface area contributed by atoms with Gasteiger partial charge in [-0.1, -0.05) is 35.9 Å². The van der Waals surface area contributed by atoms with E-state index in [1.54, 1.807) is 18.2 Å². The number of carbonyl (C=O) groups excluding carboxylic acids is 3. The molecule has 4 amide bonds. The molecule has 0 unspecified atom stereocenters. The van der Waals surface area contributed by atoms with E-state index in [1.165, 1.54) is 24.3 Å². The van der Waals surface area contributed by atoms with Crippen LogP contribution in [-0.2, 0) is 9.59 Å². The predicted octanol–water partition coefficient (Wildman–Crippen LogP) is 2.67. The molecule has 0 spiro atoms. The average Bonchev–Trinajstić information content (AvgIpc) is 2.86. The standard InChI is InChI=1S/C19H16FN3O3/c1-12-6-8-14(9-7-12)21-17(24)11-23-18(25)16(22-19(23)26)10-13-4-2-3-5-15(13)20/h2-10H,11H2,1H3,(H,21,24)(H,22,26)/b16-10+.